The van der Waals surface area contributed by atoms with Gasteiger partial charge in [-0.2, -0.15) is 0 Å². The molecule has 1 aromatic carbocycles. The maximum atomic E-state index is 12.6. The molecule has 0 spiro atoms. The smallest absolute Gasteiger partial charge is 0.337 e. The number of hydrogen-bond donors (Lipinski definition) is 2. The molecule has 8 nitrogen and oxygen atoms in total. The van der Waals surface area contributed by atoms with Crippen molar-refractivity contribution in [3.63, 3.8) is 0 Å². The number of hydrogen-bond acceptors (Lipinski definition) is 5. The number of ether oxygens (including phenoxy) is 1. The number of fused-ring (bicyclic) bond motifs is 1. The standard InChI is InChI=1S/C17H18N4O4/c1-3-25-16(23)14-10(2)19-17(24)20-13(14)8-21-9-18-12-7-5-4-6-11(12)15(21)22/h4-7,9-10H,3,8H2,1-2H3,(H2,19,20,24)/t10-/m0/s1. The van der Waals surface area contributed by atoms with Gasteiger partial charge < -0.3 is 15.4 Å². The topological polar surface area (TPSA) is 102 Å². The van der Waals surface area contributed by atoms with Crippen LogP contribution in [0, 0.1) is 0 Å². The van der Waals surface area contributed by atoms with E-state index in [2.05, 4.69) is 15.6 Å². The van der Waals surface area contributed by atoms with Crippen LogP contribution in [0.5, 0.6) is 0 Å². The first-order chi connectivity index (χ1) is 12.0. The first kappa shape index (κ1) is 16.7. The van der Waals surface area contributed by atoms with Crippen LogP contribution in [-0.2, 0) is 16.1 Å². The van der Waals surface area contributed by atoms with Gasteiger partial charge in [-0.25, -0.2) is 14.6 Å². The van der Waals surface area contributed by atoms with E-state index in [0.717, 1.165) is 0 Å². The first-order valence-corrected chi connectivity index (χ1v) is 7.93. The number of amides is 2. The van der Waals surface area contributed by atoms with Gasteiger partial charge in [0.1, 0.15) is 0 Å². The minimum atomic E-state index is -0.528. The Morgan fingerprint density at radius 2 is 2.08 bits per heavy atom. The lowest BCUT2D eigenvalue weighted by molar-refractivity contribution is -0.139. The van der Waals surface area contributed by atoms with E-state index in [1.165, 1.54) is 10.9 Å². The average Bonchev–Trinajstić information content (AvgIpc) is 2.57. The number of carbonyl (C=O) groups is 2. The van der Waals surface area contributed by atoms with E-state index >= 15 is 0 Å². The van der Waals surface area contributed by atoms with E-state index in [1.54, 1.807) is 38.1 Å². The molecule has 2 aromatic rings. The van der Waals surface area contributed by atoms with Gasteiger partial charge in [-0.15, -0.1) is 0 Å². The van der Waals surface area contributed by atoms with Crippen LogP contribution in [0.3, 0.4) is 0 Å². The van der Waals surface area contributed by atoms with Crippen LogP contribution in [0.15, 0.2) is 46.7 Å². The zero-order valence-corrected chi connectivity index (χ0v) is 13.9. The molecule has 130 valence electrons. The Morgan fingerprint density at radius 3 is 2.84 bits per heavy atom. The number of nitrogens with one attached hydrogen (secondary N) is 2. The molecule has 0 bridgehead atoms. The zero-order chi connectivity index (χ0) is 18.0. The van der Waals surface area contributed by atoms with Crippen LogP contribution in [-0.4, -0.2) is 34.2 Å². The van der Waals surface area contributed by atoms with E-state index in [4.69, 9.17) is 4.74 Å². The molecule has 8 heteroatoms. The molecule has 0 unspecified atom stereocenters. The van der Waals surface area contributed by atoms with Crippen LogP contribution in [0.2, 0.25) is 0 Å². The van der Waals surface area contributed by atoms with Gasteiger partial charge >= 0.3 is 12.0 Å². The van der Waals surface area contributed by atoms with Gasteiger partial charge in [0.25, 0.3) is 5.56 Å². The summed E-state index contributed by atoms with van der Waals surface area (Å²) in [6.07, 6.45) is 1.40. The summed E-state index contributed by atoms with van der Waals surface area (Å²) >= 11 is 0. The van der Waals surface area contributed by atoms with Crippen molar-refractivity contribution in [1.29, 1.82) is 0 Å². The van der Waals surface area contributed by atoms with Crippen molar-refractivity contribution >= 4 is 22.9 Å². The lowest BCUT2D eigenvalue weighted by Crippen LogP contribution is -2.50. The van der Waals surface area contributed by atoms with Gasteiger partial charge in [0, 0.05) is 0 Å². The third-order valence-corrected chi connectivity index (χ3v) is 3.93. The molecule has 1 aliphatic rings. The van der Waals surface area contributed by atoms with E-state index in [-0.39, 0.29) is 18.7 Å². The van der Waals surface area contributed by atoms with E-state index in [0.29, 0.717) is 22.2 Å². The Kier molecular flexibility index (Phi) is 4.51. The Balaban J connectivity index is 2.05. The Labute approximate surface area is 143 Å². The molecule has 0 saturated carbocycles. The molecular formula is C17H18N4O4. The Morgan fingerprint density at radius 1 is 1.32 bits per heavy atom. The van der Waals surface area contributed by atoms with Crippen molar-refractivity contribution < 1.29 is 14.3 Å². The second-order valence-corrected chi connectivity index (χ2v) is 5.63. The highest BCUT2D eigenvalue weighted by molar-refractivity contribution is 5.94. The van der Waals surface area contributed by atoms with Gasteiger partial charge in [0.2, 0.25) is 0 Å². The summed E-state index contributed by atoms with van der Waals surface area (Å²) in [5, 5.41) is 5.69. The summed E-state index contributed by atoms with van der Waals surface area (Å²) in [7, 11) is 0. The predicted molar refractivity (Wildman–Crippen MR) is 90.8 cm³/mol. The molecule has 2 amide bonds. The molecule has 0 saturated heterocycles. The van der Waals surface area contributed by atoms with E-state index < -0.39 is 18.0 Å². The number of allylic oxidation sites excluding steroid dienone is 1. The van der Waals surface area contributed by atoms with Crippen molar-refractivity contribution in [2.24, 2.45) is 0 Å². The predicted octanol–water partition coefficient (Wildman–Crippen LogP) is 0.915. The van der Waals surface area contributed by atoms with Crippen molar-refractivity contribution in [2.45, 2.75) is 26.4 Å². The molecule has 25 heavy (non-hydrogen) atoms. The molecule has 0 fully saturated rings. The number of benzene rings is 1. The lowest BCUT2D eigenvalue weighted by atomic mass is 10.0. The molecule has 3 rings (SSSR count). The molecule has 1 aromatic heterocycles. The highest BCUT2D eigenvalue weighted by atomic mass is 16.5. The van der Waals surface area contributed by atoms with Crippen molar-refractivity contribution in [2.75, 3.05) is 6.61 Å². The number of aromatic nitrogens is 2. The fourth-order valence-corrected chi connectivity index (χ4v) is 2.79. The van der Waals surface area contributed by atoms with Crippen LogP contribution in [0.25, 0.3) is 10.9 Å². The minimum absolute atomic E-state index is 0.0164. The Hall–Kier alpha value is -3.16. The largest absolute Gasteiger partial charge is 0.463 e. The van der Waals surface area contributed by atoms with Gasteiger partial charge in [0.15, 0.2) is 0 Å². The Bertz CT molecular complexity index is 932. The normalized spacial score (nSPS) is 17.2. The summed E-state index contributed by atoms with van der Waals surface area (Å²) in [6.45, 7) is 3.62. The molecular weight excluding hydrogens is 324 g/mol. The maximum absolute atomic E-state index is 12.6. The average molecular weight is 342 g/mol. The van der Waals surface area contributed by atoms with Crippen LogP contribution < -0.4 is 16.2 Å². The van der Waals surface area contributed by atoms with Gasteiger partial charge in [0.05, 0.1) is 47.7 Å². The molecule has 1 aliphatic heterocycles. The van der Waals surface area contributed by atoms with Gasteiger partial charge in [-0.1, -0.05) is 12.1 Å². The maximum Gasteiger partial charge on any atom is 0.337 e. The summed E-state index contributed by atoms with van der Waals surface area (Å²) in [5.74, 6) is -0.528. The molecule has 2 heterocycles. The number of urea groups is 1. The van der Waals surface area contributed by atoms with Crippen molar-refractivity contribution in [3.8, 4) is 0 Å². The third kappa shape index (κ3) is 3.23. The van der Waals surface area contributed by atoms with Crippen LogP contribution in [0.1, 0.15) is 13.8 Å². The van der Waals surface area contributed by atoms with Crippen LogP contribution in [0.4, 0.5) is 4.79 Å². The fraction of sp³-hybridized carbons (Fsp3) is 0.294. The zero-order valence-electron chi connectivity index (χ0n) is 13.9. The molecule has 0 aliphatic carbocycles. The number of carbonyl (C=O) groups excluding carboxylic acids is 2. The monoisotopic (exact) mass is 342 g/mol. The van der Waals surface area contributed by atoms with Crippen molar-refractivity contribution in [1.82, 2.24) is 20.2 Å². The van der Waals surface area contributed by atoms with E-state index in [9.17, 15) is 14.4 Å². The lowest BCUT2D eigenvalue weighted by Gasteiger charge is -2.26. The summed E-state index contributed by atoms with van der Waals surface area (Å²) in [5.41, 5.74) is 0.961. The molecule has 0 radical (unpaired) electrons. The molecule has 1 atom stereocenters. The number of nitrogens with zero attached hydrogens (tertiary/aromatic N) is 2. The highest BCUT2D eigenvalue weighted by Gasteiger charge is 2.29. The number of para-hydroxylation sites is 1. The van der Waals surface area contributed by atoms with Gasteiger partial charge in [-0.05, 0) is 26.0 Å². The summed E-state index contributed by atoms with van der Waals surface area (Å²) < 4.78 is 6.42. The minimum Gasteiger partial charge on any atom is -0.463 e. The second kappa shape index (κ2) is 6.76. The molecule has 2 N–H and O–H groups in total. The third-order valence-electron chi connectivity index (χ3n) is 3.93. The quantitative estimate of drug-likeness (QED) is 0.804. The van der Waals surface area contributed by atoms with Crippen LogP contribution >= 0.6 is 0 Å². The number of esters is 1. The second-order valence-electron chi connectivity index (χ2n) is 5.63. The fourth-order valence-electron chi connectivity index (χ4n) is 2.79. The first-order valence-electron chi connectivity index (χ1n) is 7.93. The number of rotatable bonds is 4. The summed E-state index contributed by atoms with van der Waals surface area (Å²) in [6, 6.07) is 6.04. The van der Waals surface area contributed by atoms with E-state index in [1.807, 2.05) is 0 Å². The van der Waals surface area contributed by atoms with Gasteiger partial charge in [-0.3, -0.25) is 9.36 Å². The van der Waals surface area contributed by atoms with Crippen molar-refractivity contribution in [3.05, 3.63) is 52.2 Å². The summed E-state index contributed by atoms with van der Waals surface area (Å²) in [4.78, 5) is 40.9. The highest BCUT2D eigenvalue weighted by Crippen LogP contribution is 2.16. The SMILES string of the molecule is CCOC(=O)C1=C(Cn2cnc3ccccc3c2=O)NC(=O)N[C@H]1C.